The zero-order valence-corrected chi connectivity index (χ0v) is 16.5. The lowest BCUT2D eigenvalue weighted by Crippen LogP contribution is -2.62. The van der Waals surface area contributed by atoms with E-state index in [1.165, 1.54) is 30.9 Å². The molecule has 2 rings (SSSR count). The Morgan fingerprint density at radius 3 is 2.81 bits per heavy atom. The number of rotatable bonds is 5. The molecule has 0 aromatic heterocycles. The average Bonchev–Trinajstić information content (AvgIpc) is 2.55. The molecule has 1 aromatic rings. The molecule has 0 aliphatic carbocycles. The first-order valence-corrected chi connectivity index (χ1v) is 10.8. The van der Waals surface area contributed by atoms with Gasteiger partial charge >= 0.3 is 0 Å². The van der Waals surface area contributed by atoms with Crippen LogP contribution in [0.1, 0.15) is 30.9 Å². The van der Waals surface area contributed by atoms with Crippen LogP contribution in [0.4, 0.5) is 4.39 Å². The number of guanidine groups is 1. The molecule has 140 valence electrons. The van der Waals surface area contributed by atoms with Gasteiger partial charge in [-0.2, -0.15) is 5.26 Å². The van der Waals surface area contributed by atoms with Crippen molar-refractivity contribution in [3.05, 3.63) is 40.6 Å². The van der Waals surface area contributed by atoms with Gasteiger partial charge < -0.3 is 5.32 Å². The number of thioether (sulfide) groups is 1. The molecule has 1 atom stereocenters. The summed E-state index contributed by atoms with van der Waals surface area (Å²) in [5.74, 6) is -0.774. The highest BCUT2D eigenvalue weighted by atomic mass is 32.2. The lowest BCUT2D eigenvalue weighted by Gasteiger charge is -2.40. The third kappa shape index (κ3) is 4.56. The molecule has 0 unspecified atom stereocenters. The van der Waals surface area contributed by atoms with Gasteiger partial charge in [0.25, 0.3) is 0 Å². The SMILES string of the molecule is CS/C=C(\CC[C@]1(C)CS(=O)(=O)N(C)C(=N)N1)c1cc(F)cc(C#N)c1. The zero-order chi connectivity index (χ0) is 19.5. The molecular weight excluding hydrogens is 375 g/mol. The Balaban J connectivity index is 2.25. The fraction of sp³-hybridized carbons (Fsp3) is 0.412. The summed E-state index contributed by atoms with van der Waals surface area (Å²) in [5.41, 5.74) is 0.857. The third-order valence-electron chi connectivity index (χ3n) is 4.26. The lowest BCUT2D eigenvalue weighted by molar-refractivity contribution is 0.386. The van der Waals surface area contributed by atoms with Gasteiger partial charge in [-0.05, 0) is 60.8 Å². The van der Waals surface area contributed by atoms with E-state index in [-0.39, 0.29) is 17.3 Å². The molecule has 26 heavy (non-hydrogen) atoms. The highest BCUT2D eigenvalue weighted by Gasteiger charge is 2.40. The van der Waals surface area contributed by atoms with Crippen LogP contribution in [-0.2, 0) is 10.0 Å². The second-order valence-electron chi connectivity index (χ2n) is 6.48. The summed E-state index contributed by atoms with van der Waals surface area (Å²) in [4.78, 5) is 0. The molecule has 1 heterocycles. The smallest absolute Gasteiger partial charge is 0.239 e. The number of halogens is 1. The molecule has 0 amide bonds. The van der Waals surface area contributed by atoms with Crippen molar-refractivity contribution in [1.82, 2.24) is 9.62 Å². The van der Waals surface area contributed by atoms with Crippen molar-refractivity contribution in [3.63, 3.8) is 0 Å². The molecule has 1 fully saturated rings. The molecule has 2 N–H and O–H groups in total. The van der Waals surface area contributed by atoms with Crippen molar-refractivity contribution in [2.24, 2.45) is 0 Å². The first-order valence-electron chi connectivity index (χ1n) is 7.86. The van der Waals surface area contributed by atoms with E-state index in [0.717, 1.165) is 9.88 Å². The summed E-state index contributed by atoms with van der Waals surface area (Å²) in [7, 11) is -2.20. The number of allylic oxidation sites excluding steroid dienone is 1. The summed E-state index contributed by atoms with van der Waals surface area (Å²) in [5, 5.41) is 21.7. The number of sulfonamides is 1. The lowest BCUT2D eigenvalue weighted by atomic mass is 9.92. The van der Waals surface area contributed by atoms with Crippen LogP contribution in [0.25, 0.3) is 5.57 Å². The monoisotopic (exact) mass is 396 g/mol. The summed E-state index contributed by atoms with van der Waals surface area (Å²) in [6.45, 7) is 1.76. The minimum Gasteiger partial charge on any atom is -0.349 e. The van der Waals surface area contributed by atoms with Crippen LogP contribution < -0.4 is 5.32 Å². The van der Waals surface area contributed by atoms with E-state index < -0.39 is 21.4 Å². The molecule has 6 nitrogen and oxygen atoms in total. The van der Waals surface area contributed by atoms with Crippen molar-refractivity contribution >= 4 is 33.3 Å². The summed E-state index contributed by atoms with van der Waals surface area (Å²) >= 11 is 1.45. The molecule has 0 bridgehead atoms. The van der Waals surface area contributed by atoms with Gasteiger partial charge in [0.05, 0.1) is 22.9 Å². The quantitative estimate of drug-likeness (QED) is 0.798. The Labute approximate surface area is 157 Å². The van der Waals surface area contributed by atoms with Crippen molar-refractivity contribution in [2.75, 3.05) is 19.1 Å². The maximum atomic E-state index is 13.8. The fourth-order valence-corrected chi connectivity index (χ4v) is 4.92. The van der Waals surface area contributed by atoms with Crippen LogP contribution in [0.3, 0.4) is 0 Å². The van der Waals surface area contributed by atoms with Gasteiger partial charge in [-0.3, -0.25) is 5.41 Å². The number of benzene rings is 1. The molecule has 0 radical (unpaired) electrons. The third-order valence-corrected chi connectivity index (χ3v) is 6.80. The predicted octanol–water partition coefficient (Wildman–Crippen LogP) is 2.74. The molecule has 1 aliphatic rings. The van der Waals surface area contributed by atoms with E-state index in [9.17, 15) is 12.8 Å². The Morgan fingerprint density at radius 2 is 2.23 bits per heavy atom. The Hall–Kier alpha value is -2.05. The Kier molecular flexibility index (Phi) is 5.98. The van der Waals surface area contributed by atoms with Crippen LogP contribution >= 0.6 is 11.8 Å². The number of hydrogen-bond acceptors (Lipinski definition) is 5. The minimum atomic E-state index is -3.54. The molecular formula is C17H21FN4O2S2. The van der Waals surface area contributed by atoms with Gasteiger partial charge in [0.15, 0.2) is 0 Å². The topological polar surface area (TPSA) is 97.1 Å². The van der Waals surface area contributed by atoms with Crippen LogP contribution in [-0.4, -0.2) is 43.3 Å². The molecule has 1 saturated heterocycles. The van der Waals surface area contributed by atoms with Crippen molar-refractivity contribution in [2.45, 2.75) is 25.3 Å². The minimum absolute atomic E-state index is 0.127. The first-order chi connectivity index (χ1) is 12.1. The molecule has 0 spiro atoms. The number of nitriles is 1. The zero-order valence-electron chi connectivity index (χ0n) is 14.8. The number of hydrogen-bond donors (Lipinski definition) is 2. The van der Waals surface area contributed by atoms with Gasteiger partial charge in [-0.15, -0.1) is 11.8 Å². The number of nitrogens with zero attached hydrogens (tertiary/aromatic N) is 2. The highest BCUT2D eigenvalue weighted by molar-refractivity contribution is 8.01. The van der Waals surface area contributed by atoms with E-state index in [1.807, 2.05) is 17.7 Å². The van der Waals surface area contributed by atoms with Crippen LogP contribution in [0.15, 0.2) is 23.6 Å². The van der Waals surface area contributed by atoms with Crippen molar-refractivity contribution < 1.29 is 12.8 Å². The molecule has 1 aromatic carbocycles. The second-order valence-corrected chi connectivity index (χ2v) is 9.18. The first kappa shape index (κ1) is 20.3. The van der Waals surface area contributed by atoms with E-state index in [2.05, 4.69) is 5.32 Å². The normalized spacial score (nSPS) is 22.7. The standard InChI is InChI=1S/C17H21FN4O2S2/c1-17(11-26(23,24)22(2)16(20)21-17)5-4-13(10-25-3)14-6-12(9-19)7-15(18)8-14/h6-8,10H,4-5,11H2,1-3H3,(H2,20,21)/b13-10+/t17-/m1/s1. The molecule has 1 aliphatic heterocycles. The molecule has 0 saturated carbocycles. The van der Waals surface area contributed by atoms with E-state index in [1.54, 1.807) is 13.0 Å². The van der Waals surface area contributed by atoms with Gasteiger partial charge in [0.1, 0.15) is 5.82 Å². The fourth-order valence-electron chi connectivity index (χ4n) is 2.84. The average molecular weight is 397 g/mol. The van der Waals surface area contributed by atoms with Crippen LogP contribution in [0.5, 0.6) is 0 Å². The highest BCUT2D eigenvalue weighted by Crippen LogP contribution is 2.30. The Morgan fingerprint density at radius 1 is 1.54 bits per heavy atom. The van der Waals surface area contributed by atoms with Gasteiger partial charge in [-0.1, -0.05) is 0 Å². The van der Waals surface area contributed by atoms with E-state index in [4.69, 9.17) is 10.7 Å². The summed E-state index contributed by atoms with van der Waals surface area (Å²) in [6, 6.07) is 6.10. The van der Waals surface area contributed by atoms with E-state index >= 15 is 0 Å². The Bertz CT molecular complexity index is 893. The second kappa shape index (κ2) is 7.68. The van der Waals surface area contributed by atoms with Crippen molar-refractivity contribution in [1.29, 1.82) is 10.7 Å². The van der Waals surface area contributed by atoms with Crippen molar-refractivity contribution in [3.8, 4) is 6.07 Å². The molecule has 9 heteroatoms. The number of nitrogens with one attached hydrogen (secondary N) is 2. The van der Waals surface area contributed by atoms with E-state index in [0.29, 0.717) is 18.4 Å². The van der Waals surface area contributed by atoms with Gasteiger partial charge in [0.2, 0.25) is 16.0 Å². The van der Waals surface area contributed by atoms with Gasteiger partial charge in [0, 0.05) is 7.05 Å². The largest absolute Gasteiger partial charge is 0.349 e. The van der Waals surface area contributed by atoms with Crippen LogP contribution in [0, 0.1) is 22.6 Å². The maximum absolute atomic E-state index is 13.8. The van der Waals surface area contributed by atoms with Crippen LogP contribution in [0.2, 0.25) is 0 Å². The van der Waals surface area contributed by atoms with Gasteiger partial charge in [-0.25, -0.2) is 17.1 Å². The summed E-state index contributed by atoms with van der Waals surface area (Å²) in [6.07, 6.45) is 2.79. The maximum Gasteiger partial charge on any atom is 0.239 e. The predicted molar refractivity (Wildman–Crippen MR) is 103 cm³/mol. The summed E-state index contributed by atoms with van der Waals surface area (Å²) < 4.78 is 39.1.